The van der Waals surface area contributed by atoms with Crippen LogP contribution in [0.2, 0.25) is 0 Å². The Morgan fingerprint density at radius 1 is 1.25 bits per heavy atom. The first-order valence-electron chi connectivity index (χ1n) is 9.95. The van der Waals surface area contributed by atoms with E-state index in [4.69, 9.17) is 9.47 Å². The van der Waals surface area contributed by atoms with Gasteiger partial charge in [0.15, 0.2) is 0 Å². The number of para-hydroxylation sites is 1. The van der Waals surface area contributed by atoms with Gasteiger partial charge in [-0.1, -0.05) is 18.2 Å². The van der Waals surface area contributed by atoms with Gasteiger partial charge in [0.05, 0.1) is 25.7 Å². The fourth-order valence-electron chi connectivity index (χ4n) is 3.72. The van der Waals surface area contributed by atoms with E-state index in [1.54, 1.807) is 7.11 Å². The molecule has 0 aliphatic carbocycles. The van der Waals surface area contributed by atoms with Gasteiger partial charge in [0.25, 0.3) is 0 Å². The lowest BCUT2D eigenvalue weighted by Gasteiger charge is -2.37. The Balaban J connectivity index is 2.05. The van der Waals surface area contributed by atoms with Gasteiger partial charge in [0.1, 0.15) is 5.75 Å². The first kappa shape index (κ1) is 22.2. The summed E-state index contributed by atoms with van der Waals surface area (Å²) >= 11 is 0. The molecule has 1 aliphatic heterocycles. The normalized spacial score (nSPS) is 16.8. The Hall–Kier alpha value is -2.12. The number of benzene rings is 1. The van der Waals surface area contributed by atoms with Crippen LogP contribution in [0.5, 0.6) is 5.75 Å². The molecule has 1 aromatic rings. The van der Waals surface area contributed by atoms with Crippen LogP contribution in [0, 0.1) is 5.41 Å². The van der Waals surface area contributed by atoms with Gasteiger partial charge in [0, 0.05) is 31.6 Å². The lowest BCUT2D eigenvalue weighted by molar-refractivity contribution is -0.123. The average Bonchev–Trinajstić information content (AvgIpc) is 2.67. The molecular weight excluding hydrogens is 358 g/mol. The van der Waals surface area contributed by atoms with E-state index in [1.807, 2.05) is 31.2 Å². The minimum atomic E-state index is -0.438. The number of methoxy groups -OCH3 is 1. The van der Waals surface area contributed by atoms with E-state index >= 15 is 0 Å². The Morgan fingerprint density at radius 2 is 1.96 bits per heavy atom. The summed E-state index contributed by atoms with van der Waals surface area (Å²) in [6.07, 6.45) is 2.08. The molecule has 1 heterocycles. The monoisotopic (exact) mass is 391 g/mol. The number of rotatable bonds is 10. The minimum Gasteiger partial charge on any atom is -0.494 e. The van der Waals surface area contributed by atoms with E-state index < -0.39 is 6.04 Å². The Kier molecular flexibility index (Phi) is 8.73. The van der Waals surface area contributed by atoms with E-state index in [-0.39, 0.29) is 23.7 Å². The van der Waals surface area contributed by atoms with Crippen molar-refractivity contribution in [2.75, 3.05) is 40.0 Å². The third-order valence-electron chi connectivity index (χ3n) is 5.14. The second-order valence-electron chi connectivity index (χ2n) is 7.39. The van der Waals surface area contributed by atoms with Crippen LogP contribution in [-0.4, -0.2) is 51.8 Å². The number of amides is 2. The fourth-order valence-corrected chi connectivity index (χ4v) is 3.72. The Bertz CT molecular complexity index is 639. The predicted molar refractivity (Wildman–Crippen MR) is 108 cm³/mol. The van der Waals surface area contributed by atoms with Crippen molar-refractivity contribution in [3.05, 3.63) is 29.8 Å². The van der Waals surface area contributed by atoms with Crippen LogP contribution in [0.4, 0.5) is 0 Å². The summed E-state index contributed by atoms with van der Waals surface area (Å²) in [6.45, 7) is 6.93. The molecule has 1 aliphatic rings. The zero-order chi connectivity index (χ0) is 20.4. The molecule has 1 aromatic carbocycles. The highest BCUT2D eigenvalue weighted by atomic mass is 16.5. The maximum absolute atomic E-state index is 12.7. The number of piperidine rings is 1. The SMILES string of the molecule is CCOc1ccccc1C(CC(=O)NCC1(COC)CCNCC1)NC(C)=O. The zero-order valence-corrected chi connectivity index (χ0v) is 17.2. The molecule has 0 bridgehead atoms. The molecule has 7 heteroatoms. The zero-order valence-electron chi connectivity index (χ0n) is 17.2. The van der Waals surface area contributed by atoms with Crippen molar-refractivity contribution in [3.63, 3.8) is 0 Å². The fraction of sp³-hybridized carbons (Fsp3) is 0.619. The molecule has 3 N–H and O–H groups in total. The Morgan fingerprint density at radius 3 is 2.61 bits per heavy atom. The number of nitrogens with one attached hydrogen (secondary N) is 3. The molecule has 1 atom stereocenters. The topological polar surface area (TPSA) is 88.7 Å². The largest absolute Gasteiger partial charge is 0.494 e. The highest BCUT2D eigenvalue weighted by molar-refractivity contribution is 5.79. The van der Waals surface area contributed by atoms with Crippen molar-refractivity contribution in [3.8, 4) is 5.75 Å². The van der Waals surface area contributed by atoms with Crippen LogP contribution in [0.3, 0.4) is 0 Å². The van der Waals surface area contributed by atoms with Crippen LogP contribution >= 0.6 is 0 Å². The number of carbonyl (C=O) groups excluding carboxylic acids is 2. The minimum absolute atomic E-state index is 0.0393. The number of ether oxygens (including phenoxy) is 2. The highest BCUT2D eigenvalue weighted by Gasteiger charge is 2.33. The van der Waals surface area contributed by atoms with Gasteiger partial charge in [-0.25, -0.2) is 0 Å². The van der Waals surface area contributed by atoms with E-state index in [0.29, 0.717) is 25.5 Å². The molecule has 0 radical (unpaired) electrons. The lowest BCUT2D eigenvalue weighted by atomic mass is 9.79. The van der Waals surface area contributed by atoms with Gasteiger partial charge in [-0.15, -0.1) is 0 Å². The number of carbonyl (C=O) groups is 2. The summed E-state index contributed by atoms with van der Waals surface area (Å²) in [4.78, 5) is 24.4. The van der Waals surface area contributed by atoms with Crippen LogP contribution in [0.15, 0.2) is 24.3 Å². The van der Waals surface area contributed by atoms with Gasteiger partial charge in [-0.3, -0.25) is 9.59 Å². The third-order valence-corrected chi connectivity index (χ3v) is 5.14. The van der Waals surface area contributed by atoms with Crippen molar-refractivity contribution >= 4 is 11.8 Å². The van der Waals surface area contributed by atoms with Crippen molar-refractivity contribution in [1.29, 1.82) is 0 Å². The van der Waals surface area contributed by atoms with Crippen LogP contribution < -0.4 is 20.7 Å². The molecule has 2 rings (SSSR count). The molecule has 0 saturated carbocycles. The van der Waals surface area contributed by atoms with Gasteiger partial charge in [-0.05, 0) is 38.9 Å². The summed E-state index contributed by atoms with van der Waals surface area (Å²) in [5, 5.41) is 9.30. The first-order valence-corrected chi connectivity index (χ1v) is 9.95. The summed E-state index contributed by atoms with van der Waals surface area (Å²) in [6, 6.07) is 7.07. The molecule has 7 nitrogen and oxygen atoms in total. The molecule has 156 valence electrons. The van der Waals surface area contributed by atoms with E-state index in [2.05, 4.69) is 16.0 Å². The quantitative estimate of drug-likeness (QED) is 0.566. The smallest absolute Gasteiger partial charge is 0.222 e. The van der Waals surface area contributed by atoms with Gasteiger partial charge >= 0.3 is 0 Å². The average molecular weight is 392 g/mol. The van der Waals surface area contributed by atoms with E-state index in [9.17, 15) is 9.59 Å². The van der Waals surface area contributed by atoms with Crippen molar-refractivity contribution < 1.29 is 19.1 Å². The van der Waals surface area contributed by atoms with Gasteiger partial charge in [-0.2, -0.15) is 0 Å². The number of hydrogen-bond acceptors (Lipinski definition) is 5. The third kappa shape index (κ3) is 6.49. The maximum atomic E-state index is 12.7. The maximum Gasteiger partial charge on any atom is 0.222 e. The van der Waals surface area contributed by atoms with Crippen LogP contribution in [0.1, 0.15) is 44.7 Å². The molecule has 1 unspecified atom stereocenters. The standard InChI is InChI=1S/C21H33N3O4/c1-4-28-19-8-6-5-7-17(19)18(24-16(2)25)13-20(26)23-14-21(15-27-3)9-11-22-12-10-21/h5-8,18,22H,4,9-15H2,1-3H3,(H,23,26)(H,24,25). The molecule has 2 amide bonds. The highest BCUT2D eigenvalue weighted by Crippen LogP contribution is 2.29. The molecule has 0 aromatic heterocycles. The first-order chi connectivity index (χ1) is 13.5. The molecule has 28 heavy (non-hydrogen) atoms. The molecular formula is C21H33N3O4. The number of hydrogen-bond donors (Lipinski definition) is 3. The Labute approximate surface area is 167 Å². The van der Waals surface area contributed by atoms with Crippen molar-refractivity contribution in [2.24, 2.45) is 5.41 Å². The summed E-state index contributed by atoms with van der Waals surface area (Å²) < 4.78 is 11.1. The second kappa shape index (κ2) is 11.0. The van der Waals surface area contributed by atoms with E-state index in [0.717, 1.165) is 31.5 Å². The van der Waals surface area contributed by atoms with Crippen LogP contribution in [-0.2, 0) is 14.3 Å². The summed E-state index contributed by atoms with van der Waals surface area (Å²) in [5.41, 5.74) is 0.769. The predicted octanol–water partition coefficient (Wildman–Crippen LogP) is 1.78. The van der Waals surface area contributed by atoms with Crippen molar-refractivity contribution in [2.45, 2.75) is 39.2 Å². The molecule has 1 saturated heterocycles. The molecule has 1 fully saturated rings. The molecule has 0 spiro atoms. The van der Waals surface area contributed by atoms with Crippen LogP contribution in [0.25, 0.3) is 0 Å². The van der Waals surface area contributed by atoms with Gasteiger partial charge in [0.2, 0.25) is 11.8 Å². The summed E-state index contributed by atoms with van der Waals surface area (Å²) in [7, 11) is 1.70. The van der Waals surface area contributed by atoms with Gasteiger partial charge < -0.3 is 25.4 Å². The second-order valence-corrected chi connectivity index (χ2v) is 7.39. The van der Waals surface area contributed by atoms with E-state index in [1.165, 1.54) is 6.92 Å². The summed E-state index contributed by atoms with van der Waals surface area (Å²) in [5.74, 6) is 0.406. The van der Waals surface area contributed by atoms with Crippen molar-refractivity contribution in [1.82, 2.24) is 16.0 Å². The lowest BCUT2D eigenvalue weighted by Crippen LogP contribution is -2.47.